The molecule has 0 bridgehead atoms. The third-order valence-corrected chi connectivity index (χ3v) is 4.46. The highest BCUT2D eigenvalue weighted by Gasteiger charge is 2.21. The number of nitrogens with zero attached hydrogens (tertiary/aromatic N) is 3. The normalized spacial score (nSPS) is 17.0. The van der Waals surface area contributed by atoms with Crippen LogP contribution in [0.2, 0.25) is 0 Å². The summed E-state index contributed by atoms with van der Waals surface area (Å²) in [5.74, 6) is 1.31. The fourth-order valence-corrected chi connectivity index (χ4v) is 3.26. The zero-order chi connectivity index (χ0) is 17.4. The lowest BCUT2D eigenvalue weighted by atomic mass is 9.94. The van der Waals surface area contributed by atoms with Crippen molar-refractivity contribution >= 4 is 17.3 Å². The molecular weight excluding hydrogens is 314 g/mol. The fraction of sp³-hybridized carbons (Fsp3) is 0.200. The van der Waals surface area contributed by atoms with Gasteiger partial charge in [-0.25, -0.2) is 9.98 Å². The van der Waals surface area contributed by atoms with Crippen molar-refractivity contribution in [1.82, 2.24) is 9.88 Å². The average molecular weight is 333 g/mol. The van der Waals surface area contributed by atoms with E-state index in [1.54, 1.807) is 12.5 Å². The molecular formula is C20H19N3O2. The highest BCUT2D eigenvalue weighted by molar-refractivity contribution is 5.82. The van der Waals surface area contributed by atoms with Crippen LogP contribution in [0.4, 0.5) is 0 Å². The zero-order valence-electron chi connectivity index (χ0n) is 14.4. The van der Waals surface area contributed by atoms with Crippen LogP contribution >= 0.6 is 0 Å². The number of hydrogen-bond acceptors (Lipinski definition) is 5. The molecule has 5 heteroatoms. The Morgan fingerprint density at radius 1 is 1.16 bits per heavy atom. The van der Waals surface area contributed by atoms with Gasteiger partial charge in [-0.1, -0.05) is 6.07 Å². The Morgan fingerprint density at radius 2 is 2.04 bits per heavy atom. The predicted octanol–water partition coefficient (Wildman–Crippen LogP) is 4.85. The minimum absolute atomic E-state index is 0.196. The number of ether oxygens (including phenoxy) is 1. The van der Waals surface area contributed by atoms with Gasteiger partial charge in [0.25, 0.3) is 0 Å². The molecule has 1 aromatic carbocycles. The summed E-state index contributed by atoms with van der Waals surface area (Å²) in [6.07, 6.45) is 7.10. The molecule has 0 spiro atoms. The van der Waals surface area contributed by atoms with E-state index in [2.05, 4.69) is 34.8 Å². The lowest BCUT2D eigenvalue weighted by molar-refractivity contribution is 0.422. The number of aromatic nitrogens is 1. The standard InChI is InChI=1S/C20H19N3O2/c1-13-10-15(25-20-17-7-9-24-18(17)6-8-22-20)4-5-16(13)19-14(2)11-21-12-23(19)3/h4-12,19H,1-3H3. The van der Waals surface area contributed by atoms with E-state index in [9.17, 15) is 0 Å². The predicted molar refractivity (Wildman–Crippen MR) is 98.0 cm³/mol. The van der Waals surface area contributed by atoms with Crippen LogP contribution in [0.3, 0.4) is 0 Å². The van der Waals surface area contributed by atoms with Gasteiger partial charge < -0.3 is 14.1 Å². The van der Waals surface area contributed by atoms with Gasteiger partial charge in [-0.15, -0.1) is 0 Å². The molecule has 5 nitrogen and oxygen atoms in total. The van der Waals surface area contributed by atoms with Gasteiger partial charge in [0.1, 0.15) is 11.3 Å². The molecule has 1 unspecified atom stereocenters. The quantitative estimate of drug-likeness (QED) is 0.688. The van der Waals surface area contributed by atoms with Crippen molar-refractivity contribution < 1.29 is 9.15 Å². The molecule has 1 aliphatic rings. The van der Waals surface area contributed by atoms with Gasteiger partial charge in [0.2, 0.25) is 5.88 Å². The summed E-state index contributed by atoms with van der Waals surface area (Å²) in [5, 5.41) is 0.867. The molecule has 25 heavy (non-hydrogen) atoms. The second-order valence-electron chi connectivity index (χ2n) is 6.27. The van der Waals surface area contributed by atoms with Crippen LogP contribution in [0.1, 0.15) is 24.1 Å². The summed E-state index contributed by atoms with van der Waals surface area (Å²) < 4.78 is 11.4. The molecule has 3 aromatic rings. The number of fused-ring (bicyclic) bond motifs is 1. The van der Waals surface area contributed by atoms with Crippen molar-refractivity contribution in [2.45, 2.75) is 19.9 Å². The Morgan fingerprint density at radius 3 is 2.84 bits per heavy atom. The molecule has 0 saturated carbocycles. The van der Waals surface area contributed by atoms with E-state index in [0.29, 0.717) is 5.88 Å². The monoisotopic (exact) mass is 333 g/mol. The maximum Gasteiger partial charge on any atom is 0.230 e. The summed E-state index contributed by atoms with van der Waals surface area (Å²) >= 11 is 0. The zero-order valence-corrected chi connectivity index (χ0v) is 14.4. The summed E-state index contributed by atoms with van der Waals surface area (Å²) in [4.78, 5) is 10.7. The van der Waals surface area contributed by atoms with Crippen molar-refractivity contribution in [3.63, 3.8) is 0 Å². The average Bonchev–Trinajstić information content (AvgIpc) is 3.06. The van der Waals surface area contributed by atoms with Crippen LogP contribution in [-0.4, -0.2) is 23.3 Å². The van der Waals surface area contributed by atoms with Crippen LogP contribution in [0.5, 0.6) is 11.6 Å². The van der Waals surface area contributed by atoms with Crippen LogP contribution in [0.15, 0.2) is 64.0 Å². The first kappa shape index (κ1) is 15.4. The lowest BCUT2D eigenvalue weighted by Crippen LogP contribution is -2.26. The smallest absolute Gasteiger partial charge is 0.230 e. The number of likely N-dealkylation sites (N-methyl/N-ethyl adjacent to an activating group) is 1. The highest BCUT2D eigenvalue weighted by atomic mass is 16.5. The van der Waals surface area contributed by atoms with Gasteiger partial charge in [-0.05, 0) is 54.8 Å². The van der Waals surface area contributed by atoms with Gasteiger partial charge in [-0.2, -0.15) is 0 Å². The first-order valence-electron chi connectivity index (χ1n) is 8.16. The van der Waals surface area contributed by atoms with Crippen LogP contribution in [0, 0.1) is 6.92 Å². The van der Waals surface area contributed by atoms with Gasteiger partial charge in [-0.3, -0.25) is 0 Å². The SMILES string of the molecule is CC1=CN=CN(C)C1c1ccc(Oc2nccc3occc23)cc1C. The number of furan rings is 1. The van der Waals surface area contributed by atoms with Gasteiger partial charge in [0.05, 0.1) is 24.0 Å². The van der Waals surface area contributed by atoms with Crippen LogP contribution in [0.25, 0.3) is 11.0 Å². The van der Waals surface area contributed by atoms with E-state index in [0.717, 1.165) is 22.3 Å². The number of rotatable bonds is 3. The largest absolute Gasteiger partial charge is 0.464 e. The first-order valence-corrected chi connectivity index (χ1v) is 8.16. The summed E-state index contributed by atoms with van der Waals surface area (Å²) in [6.45, 7) is 4.20. The topological polar surface area (TPSA) is 50.9 Å². The lowest BCUT2D eigenvalue weighted by Gasteiger charge is -2.30. The van der Waals surface area contributed by atoms with E-state index in [1.165, 1.54) is 11.1 Å². The number of hydrogen-bond donors (Lipinski definition) is 0. The second-order valence-corrected chi connectivity index (χ2v) is 6.27. The molecule has 0 aliphatic carbocycles. The molecule has 2 aromatic heterocycles. The van der Waals surface area contributed by atoms with Gasteiger partial charge in [0.15, 0.2) is 0 Å². The molecule has 4 rings (SSSR count). The molecule has 126 valence electrons. The minimum atomic E-state index is 0.196. The van der Waals surface area contributed by atoms with E-state index < -0.39 is 0 Å². The Kier molecular flexibility index (Phi) is 3.76. The van der Waals surface area contributed by atoms with Gasteiger partial charge >= 0.3 is 0 Å². The molecule has 0 N–H and O–H groups in total. The van der Waals surface area contributed by atoms with Crippen molar-refractivity contribution in [1.29, 1.82) is 0 Å². The third kappa shape index (κ3) is 2.78. The number of aryl methyl sites for hydroxylation is 1. The number of aliphatic imine (C=N–C) groups is 1. The molecule has 0 saturated heterocycles. The Balaban J connectivity index is 1.65. The molecule has 0 amide bonds. The van der Waals surface area contributed by atoms with Crippen LogP contribution < -0.4 is 4.74 Å². The minimum Gasteiger partial charge on any atom is -0.464 e. The molecule has 0 radical (unpaired) electrons. The summed E-state index contributed by atoms with van der Waals surface area (Å²) in [5.41, 5.74) is 4.38. The first-order chi connectivity index (χ1) is 12.1. The Labute approximate surface area is 146 Å². The number of pyridine rings is 1. The van der Waals surface area contributed by atoms with Crippen LogP contribution in [-0.2, 0) is 0 Å². The summed E-state index contributed by atoms with van der Waals surface area (Å²) in [7, 11) is 2.04. The molecule has 3 heterocycles. The third-order valence-electron chi connectivity index (χ3n) is 4.46. The summed E-state index contributed by atoms with van der Waals surface area (Å²) in [6, 6.07) is 10.0. The van der Waals surface area contributed by atoms with E-state index in [1.807, 2.05) is 43.9 Å². The van der Waals surface area contributed by atoms with Crippen molar-refractivity contribution in [2.75, 3.05) is 7.05 Å². The molecule has 0 fully saturated rings. The second kappa shape index (κ2) is 6.09. The highest BCUT2D eigenvalue weighted by Crippen LogP contribution is 2.34. The van der Waals surface area contributed by atoms with E-state index in [4.69, 9.17) is 9.15 Å². The fourth-order valence-electron chi connectivity index (χ4n) is 3.26. The number of benzene rings is 1. The Hall–Kier alpha value is -3.08. The van der Waals surface area contributed by atoms with Crippen molar-refractivity contribution in [2.24, 2.45) is 4.99 Å². The van der Waals surface area contributed by atoms with Crippen molar-refractivity contribution in [3.8, 4) is 11.6 Å². The van der Waals surface area contributed by atoms with E-state index in [-0.39, 0.29) is 6.04 Å². The van der Waals surface area contributed by atoms with Gasteiger partial charge in [0, 0.05) is 19.4 Å². The molecule has 1 atom stereocenters. The van der Waals surface area contributed by atoms with E-state index >= 15 is 0 Å². The Bertz CT molecular complexity index is 988. The van der Waals surface area contributed by atoms with Crippen molar-refractivity contribution in [3.05, 3.63) is 65.7 Å². The molecule has 1 aliphatic heterocycles. The maximum atomic E-state index is 6.00. The maximum absolute atomic E-state index is 6.00.